The highest BCUT2D eigenvalue weighted by Gasteiger charge is 2.36. The van der Waals surface area contributed by atoms with E-state index >= 15 is 0 Å². The van der Waals surface area contributed by atoms with Gasteiger partial charge in [-0.2, -0.15) is 0 Å². The summed E-state index contributed by atoms with van der Waals surface area (Å²) in [5, 5.41) is 41.5. The molecule has 0 saturated carbocycles. The lowest BCUT2D eigenvalue weighted by Gasteiger charge is -2.22. The summed E-state index contributed by atoms with van der Waals surface area (Å²) < 4.78 is 0. The van der Waals surface area contributed by atoms with Gasteiger partial charge in [0.1, 0.15) is 5.75 Å². The van der Waals surface area contributed by atoms with Gasteiger partial charge >= 0.3 is 0 Å². The number of carbonyl (C=O) groups excluding carboxylic acids is 1. The molecule has 0 fully saturated rings. The Labute approximate surface area is 139 Å². The van der Waals surface area contributed by atoms with Crippen molar-refractivity contribution in [3.63, 3.8) is 0 Å². The topological polar surface area (TPSA) is 98.0 Å². The summed E-state index contributed by atoms with van der Waals surface area (Å²) >= 11 is 0. The second-order valence-corrected chi connectivity index (χ2v) is 6.12. The summed E-state index contributed by atoms with van der Waals surface area (Å²) in [4.78, 5) is 12.2. The van der Waals surface area contributed by atoms with Crippen LogP contribution in [0, 0.1) is 0 Å². The first-order valence-electron chi connectivity index (χ1n) is 8.09. The average Bonchev–Trinajstić information content (AvgIpc) is 2.58. The minimum Gasteiger partial charge on any atom is -0.506 e. The van der Waals surface area contributed by atoms with Gasteiger partial charge in [0.25, 0.3) is 0 Å². The van der Waals surface area contributed by atoms with Gasteiger partial charge in [-0.3, -0.25) is 4.79 Å². The predicted octanol–water partition coefficient (Wildman–Crippen LogP) is 3.62. The summed E-state index contributed by atoms with van der Waals surface area (Å²) in [6, 6.07) is 7.08. The van der Waals surface area contributed by atoms with E-state index in [4.69, 9.17) is 0 Å². The van der Waals surface area contributed by atoms with E-state index in [1.807, 2.05) is 12.1 Å². The molecule has 2 aromatic rings. The molecule has 1 aliphatic rings. The average molecular weight is 328 g/mol. The molecule has 0 bridgehead atoms. The van der Waals surface area contributed by atoms with E-state index in [1.54, 1.807) is 12.1 Å². The van der Waals surface area contributed by atoms with Crippen LogP contribution in [0.25, 0.3) is 16.5 Å². The number of benzene rings is 2. The van der Waals surface area contributed by atoms with Crippen molar-refractivity contribution >= 4 is 22.3 Å². The largest absolute Gasteiger partial charge is 0.506 e. The Morgan fingerprint density at radius 3 is 2.58 bits per heavy atom. The zero-order valence-corrected chi connectivity index (χ0v) is 13.4. The number of rotatable bonds is 4. The fourth-order valence-electron chi connectivity index (χ4n) is 3.25. The van der Waals surface area contributed by atoms with Gasteiger partial charge in [0.05, 0.1) is 5.56 Å². The SMILES string of the molecule is CCCCCc1cccc2cc3c(c(O)c12)C(O)=C(O)C(O)C3=O. The summed E-state index contributed by atoms with van der Waals surface area (Å²) in [5.74, 6) is -2.46. The molecule has 5 heteroatoms. The molecule has 0 amide bonds. The highest BCUT2D eigenvalue weighted by molar-refractivity contribution is 6.12. The first kappa shape index (κ1) is 16.3. The van der Waals surface area contributed by atoms with Gasteiger partial charge in [0.2, 0.25) is 0 Å². The van der Waals surface area contributed by atoms with Crippen molar-refractivity contribution in [3.05, 3.63) is 46.7 Å². The molecule has 0 spiro atoms. The number of fused-ring (bicyclic) bond motifs is 2. The van der Waals surface area contributed by atoms with Crippen molar-refractivity contribution < 1.29 is 25.2 Å². The Hall–Kier alpha value is -2.53. The van der Waals surface area contributed by atoms with Crippen molar-refractivity contribution in [1.82, 2.24) is 0 Å². The van der Waals surface area contributed by atoms with Crippen LogP contribution in [0.15, 0.2) is 30.0 Å². The number of Topliss-reactive ketones (excluding diaryl/α,β-unsaturated/α-hetero) is 1. The third-order valence-corrected chi connectivity index (χ3v) is 4.53. The first-order valence-corrected chi connectivity index (χ1v) is 8.09. The second kappa shape index (κ2) is 6.17. The fourth-order valence-corrected chi connectivity index (χ4v) is 3.25. The molecule has 1 aliphatic carbocycles. The predicted molar refractivity (Wildman–Crippen MR) is 91.4 cm³/mol. The Balaban J connectivity index is 2.25. The Morgan fingerprint density at radius 1 is 1.12 bits per heavy atom. The highest BCUT2D eigenvalue weighted by Crippen LogP contribution is 2.41. The molecule has 1 atom stereocenters. The van der Waals surface area contributed by atoms with Crippen LogP contribution in [0.3, 0.4) is 0 Å². The van der Waals surface area contributed by atoms with Gasteiger partial charge < -0.3 is 20.4 Å². The van der Waals surface area contributed by atoms with Crippen LogP contribution >= 0.6 is 0 Å². The number of aryl methyl sites for hydroxylation is 1. The third kappa shape index (κ3) is 2.41. The monoisotopic (exact) mass is 328 g/mol. The van der Waals surface area contributed by atoms with E-state index in [2.05, 4.69) is 6.92 Å². The number of hydrogen-bond donors (Lipinski definition) is 4. The molecule has 0 aliphatic heterocycles. The number of phenols is 1. The Bertz CT molecular complexity index is 850. The molecule has 0 radical (unpaired) electrons. The van der Waals surface area contributed by atoms with Crippen molar-refractivity contribution in [1.29, 1.82) is 0 Å². The Morgan fingerprint density at radius 2 is 1.88 bits per heavy atom. The van der Waals surface area contributed by atoms with Gasteiger partial charge in [-0.05, 0) is 29.9 Å². The summed E-state index contributed by atoms with van der Waals surface area (Å²) in [7, 11) is 0. The van der Waals surface area contributed by atoms with Gasteiger partial charge in [-0.25, -0.2) is 0 Å². The van der Waals surface area contributed by atoms with E-state index in [0.29, 0.717) is 10.8 Å². The van der Waals surface area contributed by atoms with Crippen molar-refractivity contribution in [3.8, 4) is 5.75 Å². The van der Waals surface area contributed by atoms with E-state index < -0.39 is 23.4 Å². The maximum absolute atomic E-state index is 12.2. The van der Waals surface area contributed by atoms with Crippen LogP contribution in [-0.4, -0.2) is 32.3 Å². The number of ketones is 1. The number of aromatic hydroxyl groups is 1. The molecular formula is C19H20O5. The molecule has 4 N–H and O–H groups in total. The van der Waals surface area contributed by atoms with Crippen molar-refractivity contribution in [2.45, 2.75) is 38.7 Å². The highest BCUT2D eigenvalue weighted by atomic mass is 16.3. The van der Waals surface area contributed by atoms with Crippen LogP contribution in [0.1, 0.15) is 47.7 Å². The standard InChI is InChI=1S/C19H20O5/c1-2-3-4-6-10-7-5-8-11-9-12-14(16(21)13(10)11)17(22)19(24)18(23)15(12)20/h5,7-9,18,21-24H,2-4,6H2,1H3. The summed E-state index contributed by atoms with van der Waals surface area (Å²) in [6.45, 7) is 2.11. The van der Waals surface area contributed by atoms with Gasteiger partial charge in [-0.15, -0.1) is 0 Å². The summed E-state index contributed by atoms with van der Waals surface area (Å²) in [6.07, 6.45) is 2.08. The molecule has 3 rings (SSSR count). The van der Waals surface area contributed by atoms with E-state index in [-0.39, 0.29) is 16.9 Å². The molecule has 126 valence electrons. The maximum Gasteiger partial charge on any atom is 0.200 e. The lowest BCUT2D eigenvalue weighted by atomic mass is 9.86. The molecule has 0 saturated heterocycles. The van der Waals surface area contributed by atoms with Crippen molar-refractivity contribution in [2.75, 3.05) is 0 Å². The number of aliphatic hydroxyl groups excluding tert-OH is 3. The Kier molecular flexibility index (Phi) is 4.20. The quantitative estimate of drug-likeness (QED) is 0.643. The van der Waals surface area contributed by atoms with E-state index in [1.165, 1.54) is 0 Å². The number of hydrogen-bond acceptors (Lipinski definition) is 5. The summed E-state index contributed by atoms with van der Waals surface area (Å²) in [5.41, 5.74) is 0.818. The third-order valence-electron chi connectivity index (χ3n) is 4.53. The molecule has 0 heterocycles. The fraction of sp³-hybridized carbons (Fsp3) is 0.316. The minimum atomic E-state index is -1.80. The minimum absolute atomic E-state index is 0.00788. The maximum atomic E-state index is 12.2. The second-order valence-electron chi connectivity index (χ2n) is 6.12. The van der Waals surface area contributed by atoms with Crippen molar-refractivity contribution in [2.24, 2.45) is 0 Å². The molecule has 5 nitrogen and oxygen atoms in total. The van der Waals surface area contributed by atoms with E-state index in [0.717, 1.165) is 31.2 Å². The van der Waals surface area contributed by atoms with Crippen LogP contribution in [-0.2, 0) is 6.42 Å². The van der Waals surface area contributed by atoms with Gasteiger partial charge in [-0.1, -0.05) is 38.0 Å². The van der Waals surface area contributed by atoms with Crippen LogP contribution in [0.4, 0.5) is 0 Å². The van der Waals surface area contributed by atoms with Crippen LogP contribution in [0.5, 0.6) is 5.75 Å². The lowest BCUT2D eigenvalue weighted by Crippen LogP contribution is -2.29. The van der Waals surface area contributed by atoms with Crippen LogP contribution in [0.2, 0.25) is 0 Å². The smallest absolute Gasteiger partial charge is 0.200 e. The lowest BCUT2D eigenvalue weighted by molar-refractivity contribution is 0.0716. The van der Waals surface area contributed by atoms with Gasteiger partial charge in [0.15, 0.2) is 23.4 Å². The number of aliphatic hydroxyl groups is 3. The van der Waals surface area contributed by atoms with Gasteiger partial charge in [0, 0.05) is 10.9 Å². The normalized spacial score (nSPS) is 17.4. The zero-order chi connectivity index (χ0) is 17.4. The number of phenolic OH excluding ortho intramolecular Hbond substituents is 1. The first-order chi connectivity index (χ1) is 11.5. The molecular weight excluding hydrogens is 308 g/mol. The molecule has 2 aromatic carbocycles. The van der Waals surface area contributed by atoms with E-state index in [9.17, 15) is 25.2 Å². The number of carbonyl (C=O) groups is 1. The molecule has 24 heavy (non-hydrogen) atoms. The molecule has 1 unspecified atom stereocenters. The van der Waals surface area contributed by atoms with Crippen LogP contribution < -0.4 is 0 Å². The zero-order valence-electron chi connectivity index (χ0n) is 13.4. The molecule has 0 aromatic heterocycles. The number of unbranched alkanes of at least 4 members (excludes halogenated alkanes) is 2.